The number of furan rings is 1. The van der Waals surface area contributed by atoms with Crippen molar-refractivity contribution in [1.29, 1.82) is 0 Å². The molecule has 0 aromatic carbocycles. The van der Waals surface area contributed by atoms with E-state index in [0.29, 0.717) is 5.92 Å². The molecule has 0 atom stereocenters. The number of hydrogen-bond acceptors (Lipinski definition) is 4. The fraction of sp³-hybridized carbons (Fsp3) is 0.526. The van der Waals surface area contributed by atoms with E-state index in [1.54, 1.807) is 6.26 Å². The third-order valence-corrected chi connectivity index (χ3v) is 4.38. The molecule has 3 heterocycles. The Morgan fingerprint density at radius 3 is 2.62 bits per heavy atom. The number of pyridine rings is 1. The van der Waals surface area contributed by atoms with Crippen LogP contribution in [0.3, 0.4) is 0 Å². The van der Waals surface area contributed by atoms with Gasteiger partial charge in [-0.25, -0.2) is 0 Å². The zero-order valence-electron chi connectivity index (χ0n) is 15.7. The van der Waals surface area contributed by atoms with Crippen LogP contribution in [0.1, 0.15) is 36.3 Å². The Kier molecular flexibility index (Phi) is 11.5. The minimum atomic E-state index is 0. The van der Waals surface area contributed by atoms with Gasteiger partial charge in [0.1, 0.15) is 5.76 Å². The lowest BCUT2D eigenvalue weighted by Crippen LogP contribution is -2.34. The van der Waals surface area contributed by atoms with Gasteiger partial charge in [-0.15, -0.1) is 37.2 Å². The molecule has 2 aromatic rings. The Morgan fingerprint density at radius 2 is 1.96 bits per heavy atom. The largest absolute Gasteiger partial charge is 0.468 e. The van der Waals surface area contributed by atoms with E-state index in [9.17, 15) is 0 Å². The standard InChI is InChI=1S/C19H27N3O.3ClH/c1-15(2)11-22-7-6-19-16(9-20-10-17(19)13-22)12-21(3)14-18-5-4-8-23-18;;;/h4-5,8-10,15H,6-7,11-14H2,1-3H3;3*1H. The van der Waals surface area contributed by atoms with Crippen molar-refractivity contribution in [3.8, 4) is 0 Å². The van der Waals surface area contributed by atoms with Gasteiger partial charge in [-0.05, 0) is 48.2 Å². The molecule has 0 saturated heterocycles. The number of halogens is 3. The summed E-state index contributed by atoms with van der Waals surface area (Å²) in [6, 6.07) is 3.97. The van der Waals surface area contributed by atoms with Crippen LogP contribution in [-0.2, 0) is 26.1 Å². The number of aromatic nitrogens is 1. The van der Waals surface area contributed by atoms with Crippen LogP contribution in [-0.4, -0.2) is 34.9 Å². The van der Waals surface area contributed by atoms with E-state index in [0.717, 1.165) is 38.4 Å². The van der Waals surface area contributed by atoms with Crippen LogP contribution in [0.4, 0.5) is 0 Å². The number of rotatable bonds is 6. The maximum atomic E-state index is 5.44. The third-order valence-electron chi connectivity index (χ3n) is 4.38. The third kappa shape index (κ3) is 6.75. The van der Waals surface area contributed by atoms with E-state index in [4.69, 9.17) is 4.42 Å². The lowest BCUT2D eigenvalue weighted by molar-refractivity contribution is 0.224. The fourth-order valence-corrected chi connectivity index (χ4v) is 3.45. The van der Waals surface area contributed by atoms with E-state index >= 15 is 0 Å². The maximum Gasteiger partial charge on any atom is 0.117 e. The van der Waals surface area contributed by atoms with Crippen LogP contribution in [0, 0.1) is 5.92 Å². The first kappa shape index (κ1) is 25.2. The molecule has 0 radical (unpaired) electrons. The van der Waals surface area contributed by atoms with Gasteiger partial charge in [0.25, 0.3) is 0 Å². The normalized spacial score (nSPS) is 13.6. The highest BCUT2D eigenvalue weighted by Gasteiger charge is 2.20. The smallest absolute Gasteiger partial charge is 0.117 e. The first-order valence-corrected chi connectivity index (χ1v) is 8.49. The quantitative estimate of drug-likeness (QED) is 0.682. The summed E-state index contributed by atoms with van der Waals surface area (Å²) >= 11 is 0. The molecule has 1 aliphatic rings. The summed E-state index contributed by atoms with van der Waals surface area (Å²) in [5, 5.41) is 0. The van der Waals surface area contributed by atoms with Crippen molar-refractivity contribution >= 4 is 37.2 Å². The zero-order valence-corrected chi connectivity index (χ0v) is 18.1. The Morgan fingerprint density at radius 1 is 1.19 bits per heavy atom. The molecule has 0 bridgehead atoms. The molecule has 0 fully saturated rings. The highest BCUT2D eigenvalue weighted by Crippen LogP contribution is 2.23. The van der Waals surface area contributed by atoms with Crippen molar-refractivity contribution in [3.63, 3.8) is 0 Å². The zero-order chi connectivity index (χ0) is 16.2. The van der Waals surface area contributed by atoms with Crippen LogP contribution < -0.4 is 0 Å². The van der Waals surface area contributed by atoms with E-state index in [2.05, 4.69) is 41.9 Å². The summed E-state index contributed by atoms with van der Waals surface area (Å²) in [5.74, 6) is 1.72. The van der Waals surface area contributed by atoms with E-state index in [1.165, 1.54) is 23.2 Å². The molecule has 0 aliphatic carbocycles. The van der Waals surface area contributed by atoms with E-state index in [1.807, 2.05) is 18.3 Å². The molecule has 1 aliphatic heterocycles. The minimum Gasteiger partial charge on any atom is -0.468 e. The lowest BCUT2D eigenvalue weighted by Gasteiger charge is -2.31. The fourth-order valence-electron chi connectivity index (χ4n) is 3.45. The number of nitrogens with zero attached hydrogens (tertiary/aromatic N) is 3. The average molecular weight is 423 g/mol. The summed E-state index contributed by atoms with van der Waals surface area (Å²) < 4.78 is 5.44. The summed E-state index contributed by atoms with van der Waals surface area (Å²) in [6.45, 7) is 9.68. The molecule has 148 valence electrons. The van der Waals surface area contributed by atoms with E-state index in [-0.39, 0.29) is 37.2 Å². The van der Waals surface area contributed by atoms with Crippen molar-refractivity contribution < 1.29 is 4.42 Å². The van der Waals surface area contributed by atoms with Gasteiger partial charge in [-0.1, -0.05) is 13.8 Å². The first-order valence-electron chi connectivity index (χ1n) is 8.49. The van der Waals surface area contributed by atoms with Crippen LogP contribution in [0.2, 0.25) is 0 Å². The molecule has 26 heavy (non-hydrogen) atoms. The molecule has 0 saturated carbocycles. The summed E-state index contributed by atoms with van der Waals surface area (Å²) in [4.78, 5) is 9.32. The second-order valence-electron chi connectivity index (χ2n) is 7.07. The summed E-state index contributed by atoms with van der Waals surface area (Å²) in [7, 11) is 2.13. The summed E-state index contributed by atoms with van der Waals surface area (Å²) in [6.07, 6.45) is 6.96. The highest BCUT2D eigenvalue weighted by molar-refractivity contribution is 5.86. The lowest BCUT2D eigenvalue weighted by atomic mass is 9.96. The number of hydrogen-bond donors (Lipinski definition) is 0. The maximum absolute atomic E-state index is 5.44. The Bertz CT molecular complexity index is 635. The minimum absolute atomic E-state index is 0. The molecule has 0 unspecified atom stereocenters. The van der Waals surface area contributed by atoms with Crippen molar-refractivity contribution in [2.45, 2.75) is 39.9 Å². The van der Waals surface area contributed by atoms with Crippen molar-refractivity contribution in [2.24, 2.45) is 5.92 Å². The number of fused-ring (bicyclic) bond motifs is 1. The van der Waals surface area contributed by atoms with Gasteiger partial charge in [0, 0.05) is 38.6 Å². The molecule has 0 spiro atoms. The van der Waals surface area contributed by atoms with Gasteiger partial charge in [0.05, 0.1) is 12.8 Å². The molecule has 2 aromatic heterocycles. The van der Waals surface area contributed by atoms with Crippen molar-refractivity contribution in [2.75, 3.05) is 20.1 Å². The van der Waals surface area contributed by atoms with Crippen LogP contribution in [0.25, 0.3) is 0 Å². The molecule has 4 nitrogen and oxygen atoms in total. The molecule has 0 amide bonds. The topological polar surface area (TPSA) is 32.5 Å². The first-order chi connectivity index (χ1) is 11.1. The van der Waals surface area contributed by atoms with Gasteiger partial charge in [-0.3, -0.25) is 14.8 Å². The van der Waals surface area contributed by atoms with Crippen molar-refractivity contribution in [3.05, 3.63) is 53.2 Å². The van der Waals surface area contributed by atoms with Gasteiger partial charge >= 0.3 is 0 Å². The second kappa shape index (κ2) is 11.8. The predicted molar refractivity (Wildman–Crippen MR) is 114 cm³/mol. The molecular formula is C19H30Cl3N3O. The SMILES string of the molecule is CC(C)CN1CCc2c(CN(C)Cc3ccco3)cncc2C1.Cl.Cl.Cl. The van der Waals surface area contributed by atoms with Gasteiger partial charge in [-0.2, -0.15) is 0 Å². The highest BCUT2D eigenvalue weighted by atomic mass is 35.5. The van der Waals surface area contributed by atoms with Gasteiger partial charge in [0.15, 0.2) is 0 Å². The molecular weight excluding hydrogens is 393 g/mol. The summed E-state index contributed by atoms with van der Waals surface area (Å²) in [5.41, 5.74) is 4.27. The molecule has 7 heteroatoms. The van der Waals surface area contributed by atoms with Crippen LogP contribution in [0.15, 0.2) is 35.2 Å². The Hall–Kier alpha value is -0.780. The van der Waals surface area contributed by atoms with Gasteiger partial charge < -0.3 is 4.42 Å². The second-order valence-corrected chi connectivity index (χ2v) is 7.07. The van der Waals surface area contributed by atoms with Gasteiger partial charge in [0.2, 0.25) is 0 Å². The van der Waals surface area contributed by atoms with Crippen LogP contribution >= 0.6 is 37.2 Å². The van der Waals surface area contributed by atoms with Crippen molar-refractivity contribution in [1.82, 2.24) is 14.8 Å². The molecule has 3 rings (SSSR count). The average Bonchev–Trinajstić information content (AvgIpc) is 2.99. The Balaban J connectivity index is 0.00000208. The van der Waals surface area contributed by atoms with Crippen LogP contribution in [0.5, 0.6) is 0 Å². The monoisotopic (exact) mass is 421 g/mol. The predicted octanol–water partition coefficient (Wildman–Crippen LogP) is 4.59. The Labute approximate surface area is 175 Å². The van der Waals surface area contributed by atoms with E-state index < -0.39 is 0 Å². The molecule has 0 N–H and O–H groups in total.